The number of fused-ring (bicyclic) bond motifs is 1. The van der Waals surface area contributed by atoms with E-state index < -0.39 is 10.7 Å². The predicted octanol–water partition coefficient (Wildman–Crippen LogP) is 4.12. The van der Waals surface area contributed by atoms with Crippen molar-refractivity contribution in [1.29, 1.82) is 0 Å². The highest BCUT2D eigenvalue weighted by atomic mass is 19.1. The van der Waals surface area contributed by atoms with E-state index in [1.54, 1.807) is 18.2 Å². The number of nitrogen functional groups attached to an aromatic ring is 1. The molecule has 4 aromatic rings. The van der Waals surface area contributed by atoms with Crippen molar-refractivity contribution in [2.75, 3.05) is 5.73 Å². The van der Waals surface area contributed by atoms with Gasteiger partial charge in [0.2, 0.25) is 0 Å². The Bertz CT molecular complexity index is 1360. The third-order valence-electron chi connectivity index (χ3n) is 5.04. The molecule has 0 amide bonds. The molecule has 1 heterocycles. The van der Waals surface area contributed by atoms with Crippen LogP contribution in [0, 0.1) is 22.9 Å². The smallest absolute Gasteiger partial charge is 0.292 e. The van der Waals surface area contributed by atoms with E-state index in [9.17, 15) is 19.3 Å². The topological polar surface area (TPSA) is 115 Å². The van der Waals surface area contributed by atoms with Crippen molar-refractivity contribution in [3.63, 3.8) is 0 Å². The van der Waals surface area contributed by atoms with Crippen molar-refractivity contribution in [3.8, 4) is 11.1 Å². The molecule has 0 atom stereocenters. The van der Waals surface area contributed by atoms with Crippen molar-refractivity contribution in [1.82, 2.24) is 10.2 Å². The van der Waals surface area contributed by atoms with Crippen LogP contribution in [0.3, 0.4) is 0 Å². The van der Waals surface area contributed by atoms with E-state index >= 15 is 0 Å². The number of aromatic amines is 1. The zero-order chi connectivity index (χ0) is 21.4. The number of nitro groups is 1. The van der Waals surface area contributed by atoms with Gasteiger partial charge in [-0.2, -0.15) is 5.10 Å². The zero-order valence-corrected chi connectivity index (χ0v) is 16.0. The minimum atomic E-state index is -0.598. The molecule has 0 unspecified atom stereocenters. The molecule has 3 aromatic carbocycles. The molecule has 0 aliphatic carbocycles. The van der Waals surface area contributed by atoms with Crippen molar-refractivity contribution >= 4 is 22.1 Å². The number of nitrogens with one attached hydrogen (secondary N) is 1. The summed E-state index contributed by atoms with van der Waals surface area (Å²) in [6.45, 7) is 1.85. The number of benzene rings is 3. The Morgan fingerprint density at radius 3 is 2.73 bits per heavy atom. The number of nitrogens with two attached hydrogens (primary N) is 1. The Morgan fingerprint density at radius 1 is 1.17 bits per heavy atom. The molecule has 7 nitrogen and oxygen atoms in total. The number of nitro benzene ring substituents is 1. The van der Waals surface area contributed by atoms with E-state index in [4.69, 9.17) is 5.73 Å². The van der Waals surface area contributed by atoms with Crippen LogP contribution < -0.4 is 11.3 Å². The fourth-order valence-electron chi connectivity index (χ4n) is 3.55. The Balaban J connectivity index is 1.79. The summed E-state index contributed by atoms with van der Waals surface area (Å²) in [6, 6.07) is 14.3. The SMILES string of the molecule is Cc1cccc2c(Cc3ccc(F)c(-c4ccc(N)c([N+](=O)[O-])c4)c3)n[nH]c(=O)c12. The molecule has 3 N–H and O–H groups in total. The lowest BCUT2D eigenvalue weighted by Crippen LogP contribution is -2.12. The van der Waals surface area contributed by atoms with Crippen molar-refractivity contribution in [2.45, 2.75) is 13.3 Å². The van der Waals surface area contributed by atoms with E-state index in [0.29, 0.717) is 23.1 Å². The van der Waals surface area contributed by atoms with Gasteiger partial charge in [0.15, 0.2) is 0 Å². The van der Waals surface area contributed by atoms with Gasteiger partial charge in [0, 0.05) is 23.4 Å². The maximum atomic E-state index is 14.5. The monoisotopic (exact) mass is 404 g/mol. The molecule has 1 aromatic heterocycles. The van der Waals surface area contributed by atoms with E-state index in [1.165, 1.54) is 18.2 Å². The number of nitrogens with zero attached hydrogens (tertiary/aromatic N) is 2. The van der Waals surface area contributed by atoms with Crippen LogP contribution >= 0.6 is 0 Å². The van der Waals surface area contributed by atoms with E-state index in [1.807, 2.05) is 25.1 Å². The highest BCUT2D eigenvalue weighted by molar-refractivity contribution is 5.86. The number of aromatic nitrogens is 2. The Morgan fingerprint density at radius 2 is 1.97 bits per heavy atom. The summed E-state index contributed by atoms with van der Waals surface area (Å²) in [7, 11) is 0. The Hall–Kier alpha value is -4.07. The minimum Gasteiger partial charge on any atom is -0.393 e. The number of anilines is 1. The fourth-order valence-corrected chi connectivity index (χ4v) is 3.55. The standard InChI is InChI=1S/C22H17FN4O3/c1-12-3-2-4-15-19(25-26-22(28)21(12)15)10-13-5-7-17(23)16(9-13)14-6-8-18(24)20(11-14)27(29)30/h2-9,11H,10,24H2,1H3,(H,26,28). The maximum absolute atomic E-state index is 14.5. The molecular formula is C22H17FN4O3. The number of halogens is 1. The van der Waals surface area contributed by atoms with Gasteiger partial charge in [0.1, 0.15) is 11.5 Å². The quantitative estimate of drug-likeness (QED) is 0.302. The second-order valence-corrected chi connectivity index (χ2v) is 7.02. The summed E-state index contributed by atoms with van der Waals surface area (Å²) in [5.41, 5.74) is 7.92. The summed E-state index contributed by atoms with van der Waals surface area (Å²) >= 11 is 0. The molecule has 0 fully saturated rings. The number of aryl methyl sites for hydroxylation is 1. The number of hydrogen-bond donors (Lipinski definition) is 2. The van der Waals surface area contributed by atoms with Crippen LogP contribution in [-0.4, -0.2) is 15.1 Å². The van der Waals surface area contributed by atoms with Crippen LogP contribution in [0.4, 0.5) is 15.8 Å². The number of H-pyrrole nitrogens is 1. The van der Waals surface area contributed by atoms with Gasteiger partial charge in [-0.3, -0.25) is 14.9 Å². The average Bonchev–Trinajstić information content (AvgIpc) is 2.72. The third-order valence-corrected chi connectivity index (χ3v) is 5.04. The summed E-state index contributed by atoms with van der Waals surface area (Å²) in [6.07, 6.45) is 0.348. The van der Waals surface area contributed by atoms with Gasteiger partial charge >= 0.3 is 0 Å². The summed E-state index contributed by atoms with van der Waals surface area (Å²) in [5, 5.41) is 19.2. The maximum Gasteiger partial charge on any atom is 0.292 e. The van der Waals surface area contributed by atoms with Crippen LogP contribution in [0.5, 0.6) is 0 Å². The molecule has 0 saturated carbocycles. The summed E-state index contributed by atoms with van der Waals surface area (Å²) in [4.78, 5) is 22.7. The van der Waals surface area contributed by atoms with Crippen molar-refractivity contribution in [2.24, 2.45) is 0 Å². The zero-order valence-electron chi connectivity index (χ0n) is 16.0. The van der Waals surface area contributed by atoms with Gasteiger partial charge < -0.3 is 5.73 Å². The van der Waals surface area contributed by atoms with Gasteiger partial charge in [-0.1, -0.05) is 30.3 Å². The molecule has 0 bridgehead atoms. The van der Waals surface area contributed by atoms with E-state index in [2.05, 4.69) is 10.2 Å². The molecule has 150 valence electrons. The Labute approximate surface area is 170 Å². The van der Waals surface area contributed by atoms with Crippen LogP contribution in [-0.2, 0) is 6.42 Å². The predicted molar refractivity (Wildman–Crippen MR) is 113 cm³/mol. The summed E-state index contributed by atoms with van der Waals surface area (Å²) < 4.78 is 14.5. The molecule has 0 aliphatic rings. The first-order valence-corrected chi connectivity index (χ1v) is 9.14. The molecule has 0 saturated heterocycles. The van der Waals surface area contributed by atoms with Crippen molar-refractivity contribution in [3.05, 3.63) is 97.7 Å². The van der Waals surface area contributed by atoms with Crippen LogP contribution in [0.2, 0.25) is 0 Å². The minimum absolute atomic E-state index is 0.0135. The van der Waals surface area contributed by atoms with Crippen LogP contribution in [0.15, 0.2) is 59.4 Å². The lowest BCUT2D eigenvalue weighted by molar-refractivity contribution is -0.383. The van der Waals surface area contributed by atoms with E-state index in [0.717, 1.165) is 16.5 Å². The first-order chi connectivity index (χ1) is 14.3. The van der Waals surface area contributed by atoms with Gasteiger partial charge in [-0.25, -0.2) is 9.49 Å². The van der Waals surface area contributed by atoms with Gasteiger partial charge in [-0.05, 0) is 41.8 Å². The fraction of sp³-hybridized carbons (Fsp3) is 0.0909. The molecule has 30 heavy (non-hydrogen) atoms. The second kappa shape index (κ2) is 7.40. The normalized spacial score (nSPS) is 11.0. The molecule has 0 spiro atoms. The molecule has 4 rings (SSSR count). The van der Waals surface area contributed by atoms with Crippen LogP contribution in [0.25, 0.3) is 21.9 Å². The molecular weight excluding hydrogens is 387 g/mol. The largest absolute Gasteiger partial charge is 0.393 e. The molecule has 8 heteroatoms. The van der Waals surface area contributed by atoms with Gasteiger partial charge in [-0.15, -0.1) is 0 Å². The van der Waals surface area contributed by atoms with Crippen LogP contribution in [0.1, 0.15) is 16.8 Å². The second-order valence-electron chi connectivity index (χ2n) is 7.02. The molecule has 0 aliphatic heterocycles. The first kappa shape index (κ1) is 19.3. The molecule has 0 radical (unpaired) electrons. The number of hydrogen-bond acceptors (Lipinski definition) is 5. The summed E-state index contributed by atoms with van der Waals surface area (Å²) in [5.74, 6) is -0.507. The average molecular weight is 404 g/mol. The third kappa shape index (κ3) is 3.39. The lowest BCUT2D eigenvalue weighted by Gasteiger charge is -2.10. The Kier molecular flexibility index (Phi) is 4.75. The van der Waals surface area contributed by atoms with Gasteiger partial charge in [0.25, 0.3) is 11.2 Å². The number of rotatable bonds is 4. The first-order valence-electron chi connectivity index (χ1n) is 9.14. The van der Waals surface area contributed by atoms with E-state index in [-0.39, 0.29) is 22.5 Å². The van der Waals surface area contributed by atoms with Gasteiger partial charge in [0.05, 0.1) is 16.0 Å². The highest BCUT2D eigenvalue weighted by Crippen LogP contribution is 2.31. The van der Waals surface area contributed by atoms with Crippen molar-refractivity contribution < 1.29 is 9.31 Å². The lowest BCUT2D eigenvalue weighted by atomic mass is 9.97. The highest BCUT2D eigenvalue weighted by Gasteiger charge is 2.16.